The first-order chi connectivity index (χ1) is 12.9. The summed E-state index contributed by atoms with van der Waals surface area (Å²) in [6.07, 6.45) is 2.25. The lowest BCUT2D eigenvalue weighted by Gasteiger charge is -2.12. The quantitative estimate of drug-likeness (QED) is 0.544. The Morgan fingerprint density at radius 2 is 2.07 bits per heavy atom. The van der Waals surface area contributed by atoms with Crippen molar-refractivity contribution in [1.82, 2.24) is 24.5 Å². The number of nitrogens with zero attached hydrogens (tertiary/aromatic N) is 4. The highest BCUT2D eigenvalue weighted by molar-refractivity contribution is 9.10. The number of fused-ring (bicyclic) bond motifs is 3. The van der Waals surface area contributed by atoms with Crippen LogP contribution in [0.2, 0.25) is 0 Å². The Labute approximate surface area is 165 Å². The van der Waals surface area contributed by atoms with Gasteiger partial charge in [0, 0.05) is 45.7 Å². The second kappa shape index (κ2) is 6.81. The molecule has 0 fully saturated rings. The van der Waals surface area contributed by atoms with E-state index in [9.17, 15) is 4.79 Å². The standard InChI is InChI=1S/C20H20BrN5O/c1-12-17(10-19(27)22-11-15-5-4-8-25(15)3)13(2)26-20(23-12)16-7-6-14(21)9-18(16)24-26/h4-9H,10-11H2,1-3H3,(H,22,27). The highest BCUT2D eigenvalue weighted by Crippen LogP contribution is 2.25. The van der Waals surface area contributed by atoms with Gasteiger partial charge in [-0.3, -0.25) is 4.79 Å². The van der Waals surface area contributed by atoms with Crippen molar-refractivity contribution in [3.63, 3.8) is 0 Å². The third-order valence-corrected chi connectivity index (χ3v) is 5.42. The summed E-state index contributed by atoms with van der Waals surface area (Å²) in [5.41, 5.74) is 5.48. The summed E-state index contributed by atoms with van der Waals surface area (Å²) >= 11 is 3.48. The molecule has 6 nitrogen and oxygen atoms in total. The molecule has 0 atom stereocenters. The van der Waals surface area contributed by atoms with Gasteiger partial charge in [0.1, 0.15) is 0 Å². The minimum atomic E-state index is -0.0250. The Morgan fingerprint density at radius 3 is 2.81 bits per heavy atom. The van der Waals surface area contributed by atoms with E-state index in [0.29, 0.717) is 6.54 Å². The van der Waals surface area contributed by atoms with E-state index in [0.717, 1.165) is 43.7 Å². The zero-order valence-corrected chi connectivity index (χ0v) is 17.0. The molecule has 0 radical (unpaired) electrons. The number of amides is 1. The third-order valence-electron chi connectivity index (χ3n) is 4.93. The zero-order valence-electron chi connectivity index (χ0n) is 15.5. The monoisotopic (exact) mass is 425 g/mol. The summed E-state index contributed by atoms with van der Waals surface area (Å²) in [6, 6.07) is 9.94. The van der Waals surface area contributed by atoms with E-state index in [1.165, 1.54) is 0 Å². The van der Waals surface area contributed by atoms with Crippen LogP contribution in [-0.2, 0) is 24.8 Å². The van der Waals surface area contributed by atoms with Crippen LogP contribution in [0.4, 0.5) is 0 Å². The Kier molecular flexibility index (Phi) is 4.47. The summed E-state index contributed by atoms with van der Waals surface area (Å²) < 4.78 is 4.81. The normalized spacial score (nSPS) is 11.4. The van der Waals surface area contributed by atoms with Crippen molar-refractivity contribution >= 4 is 38.4 Å². The number of carbonyl (C=O) groups is 1. The largest absolute Gasteiger partial charge is 0.353 e. The Morgan fingerprint density at radius 1 is 1.26 bits per heavy atom. The molecule has 0 aliphatic heterocycles. The zero-order chi connectivity index (χ0) is 19.1. The van der Waals surface area contributed by atoms with Gasteiger partial charge in [0.05, 0.1) is 18.5 Å². The number of benzene rings is 1. The van der Waals surface area contributed by atoms with Crippen LogP contribution in [0.5, 0.6) is 0 Å². The van der Waals surface area contributed by atoms with Crippen molar-refractivity contribution in [2.24, 2.45) is 7.05 Å². The summed E-state index contributed by atoms with van der Waals surface area (Å²) in [5.74, 6) is -0.0250. The average Bonchev–Trinajstić information content (AvgIpc) is 3.20. The van der Waals surface area contributed by atoms with Crippen molar-refractivity contribution in [2.45, 2.75) is 26.8 Å². The molecular weight excluding hydrogens is 406 g/mol. The average molecular weight is 426 g/mol. The summed E-state index contributed by atoms with van der Waals surface area (Å²) in [6.45, 7) is 4.45. The lowest BCUT2D eigenvalue weighted by atomic mass is 10.1. The number of carbonyl (C=O) groups excluding carboxylic acids is 1. The van der Waals surface area contributed by atoms with Gasteiger partial charge in [-0.25, -0.2) is 9.50 Å². The van der Waals surface area contributed by atoms with Crippen LogP contribution >= 0.6 is 15.9 Å². The van der Waals surface area contributed by atoms with Crippen molar-refractivity contribution in [1.29, 1.82) is 0 Å². The molecule has 1 aromatic carbocycles. The first-order valence-corrected chi connectivity index (χ1v) is 9.54. The molecule has 4 rings (SSSR count). The Bertz CT molecular complexity index is 1170. The third kappa shape index (κ3) is 3.23. The first-order valence-electron chi connectivity index (χ1n) is 8.75. The van der Waals surface area contributed by atoms with Gasteiger partial charge in [-0.2, -0.15) is 5.10 Å². The SMILES string of the molecule is Cc1nc2c3ccc(Br)cc3nn2c(C)c1CC(=O)NCc1cccn1C. The molecule has 3 heterocycles. The van der Waals surface area contributed by atoms with E-state index in [1.54, 1.807) is 0 Å². The second-order valence-corrected chi connectivity index (χ2v) is 7.64. The van der Waals surface area contributed by atoms with Gasteiger partial charge in [0.2, 0.25) is 5.91 Å². The lowest BCUT2D eigenvalue weighted by Crippen LogP contribution is -2.26. The molecule has 0 saturated carbocycles. The predicted octanol–water partition coefficient (Wildman–Crippen LogP) is 3.46. The number of aryl methyl sites for hydroxylation is 3. The minimum absolute atomic E-state index is 0.0250. The van der Waals surface area contributed by atoms with Crippen molar-refractivity contribution < 1.29 is 4.79 Å². The van der Waals surface area contributed by atoms with Crippen LogP contribution in [0.25, 0.3) is 16.6 Å². The molecule has 0 spiro atoms. The molecule has 3 aromatic heterocycles. The van der Waals surface area contributed by atoms with Gasteiger partial charge in [0.25, 0.3) is 0 Å². The van der Waals surface area contributed by atoms with Gasteiger partial charge < -0.3 is 9.88 Å². The number of halogens is 1. The number of hydrogen-bond acceptors (Lipinski definition) is 3. The van der Waals surface area contributed by atoms with E-state index >= 15 is 0 Å². The van der Waals surface area contributed by atoms with Crippen LogP contribution in [-0.4, -0.2) is 25.1 Å². The van der Waals surface area contributed by atoms with Gasteiger partial charge >= 0.3 is 0 Å². The van der Waals surface area contributed by atoms with Gasteiger partial charge in [0.15, 0.2) is 5.65 Å². The van der Waals surface area contributed by atoms with Crippen LogP contribution < -0.4 is 5.32 Å². The molecule has 7 heteroatoms. The number of hydrogen-bond donors (Lipinski definition) is 1. The summed E-state index contributed by atoms with van der Waals surface area (Å²) in [4.78, 5) is 17.2. The van der Waals surface area contributed by atoms with Crippen LogP contribution in [0.15, 0.2) is 41.0 Å². The van der Waals surface area contributed by atoms with Gasteiger partial charge in [-0.05, 0) is 44.2 Å². The molecule has 0 unspecified atom stereocenters. The van der Waals surface area contributed by atoms with Gasteiger partial charge in [-0.15, -0.1) is 0 Å². The minimum Gasteiger partial charge on any atom is -0.353 e. The highest BCUT2D eigenvalue weighted by Gasteiger charge is 2.16. The molecule has 0 bridgehead atoms. The molecule has 4 aromatic rings. The van der Waals surface area contributed by atoms with Crippen molar-refractivity contribution in [3.05, 3.63) is 63.6 Å². The summed E-state index contributed by atoms with van der Waals surface area (Å²) in [5, 5.41) is 8.66. The smallest absolute Gasteiger partial charge is 0.224 e. The second-order valence-electron chi connectivity index (χ2n) is 6.72. The lowest BCUT2D eigenvalue weighted by molar-refractivity contribution is -0.120. The summed E-state index contributed by atoms with van der Waals surface area (Å²) in [7, 11) is 1.97. The van der Waals surface area contributed by atoms with E-state index in [2.05, 4.69) is 26.3 Å². The first kappa shape index (κ1) is 17.7. The maximum atomic E-state index is 12.5. The number of aromatic nitrogens is 4. The molecule has 0 aliphatic carbocycles. The Balaban J connectivity index is 1.64. The maximum absolute atomic E-state index is 12.5. The van der Waals surface area contributed by atoms with Crippen LogP contribution in [0.3, 0.4) is 0 Å². The maximum Gasteiger partial charge on any atom is 0.224 e. The topological polar surface area (TPSA) is 64.2 Å². The van der Waals surface area contributed by atoms with E-state index in [4.69, 9.17) is 4.98 Å². The van der Waals surface area contributed by atoms with Gasteiger partial charge in [-0.1, -0.05) is 15.9 Å². The fourth-order valence-corrected chi connectivity index (χ4v) is 3.70. The number of nitrogens with one attached hydrogen (secondary N) is 1. The molecular formula is C20H20BrN5O. The van der Waals surface area contributed by atoms with E-state index < -0.39 is 0 Å². The molecule has 0 saturated heterocycles. The molecule has 138 valence electrons. The van der Waals surface area contributed by atoms with Crippen LogP contribution in [0.1, 0.15) is 22.6 Å². The van der Waals surface area contributed by atoms with E-state index in [-0.39, 0.29) is 12.3 Å². The van der Waals surface area contributed by atoms with Crippen molar-refractivity contribution in [2.75, 3.05) is 0 Å². The number of rotatable bonds is 4. The fraction of sp³-hybridized carbons (Fsp3) is 0.250. The van der Waals surface area contributed by atoms with Crippen LogP contribution in [0, 0.1) is 13.8 Å². The molecule has 27 heavy (non-hydrogen) atoms. The molecule has 1 N–H and O–H groups in total. The Hall–Kier alpha value is -2.67. The van der Waals surface area contributed by atoms with E-state index in [1.807, 2.05) is 66.5 Å². The fourth-order valence-electron chi connectivity index (χ4n) is 3.35. The predicted molar refractivity (Wildman–Crippen MR) is 109 cm³/mol. The highest BCUT2D eigenvalue weighted by atomic mass is 79.9. The molecule has 0 aliphatic rings. The molecule has 1 amide bonds. The van der Waals surface area contributed by atoms with Crippen molar-refractivity contribution in [3.8, 4) is 0 Å².